The molecule has 0 saturated carbocycles. The molecule has 12 heteroatoms. The molecule has 1 aliphatic rings. The third-order valence-electron chi connectivity index (χ3n) is 7.22. The van der Waals surface area contributed by atoms with Gasteiger partial charge in [-0.15, -0.1) is 11.3 Å². The number of aliphatic carboxylic acids is 1. The van der Waals surface area contributed by atoms with E-state index in [2.05, 4.69) is 11.1 Å². The first-order chi connectivity index (χ1) is 19.1. The van der Waals surface area contributed by atoms with E-state index in [1.54, 1.807) is 31.2 Å². The first-order valence-electron chi connectivity index (χ1n) is 12.8. The van der Waals surface area contributed by atoms with Crippen molar-refractivity contribution < 1.29 is 23.8 Å². The molecule has 0 radical (unpaired) electrons. The van der Waals surface area contributed by atoms with Crippen LogP contribution in [0.4, 0.5) is 0 Å². The van der Waals surface area contributed by atoms with Crippen LogP contribution in [0.2, 0.25) is 0 Å². The maximum Gasteiger partial charge on any atom is 0.333 e. The Bertz CT molecular complexity index is 1720. The molecule has 1 saturated heterocycles. The number of rotatable bonds is 8. The summed E-state index contributed by atoms with van der Waals surface area (Å²) >= 11 is 1.16. The van der Waals surface area contributed by atoms with Gasteiger partial charge in [-0.25, -0.2) is 19.1 Å². The Morgan fingerprint density at radius 1 is 1.30 bits per heavy atom. The number of ether oxygens (including phenoxy) is 2. The van der Waals surface area contributed by atoms with Gasteiger partial charge in [0, 0.05) is 18.8 Å². The lowest BCUT2D eigenvalue weighted by Crippen LogP contribution is -2.52. The monoisotopic (exact) mass is 564 g/mol. The zero-order valence-electron chi connectivity index (χ0n) is 22.2. The van der Waals surface area contributed by atoms with Gasteiger partial charge < -0.3 is 19.0 Å². The number of oxazole rings is 1. The third-order valence-corrected chi connectivity index (χ3v) is 8.53. The van der Waals surface area contributed by atoms with Gasteiger partial charge in [0.1, 0.15) is 22.7 Å². The molecule has 1 aliphatic heterocycles. The molecular weight excluding hydrogens is 536 g/mol. The standard InChI is InChI=1S/C28H28N4O7S/c1-16-21-24(33)32(28(2,3)26(34)35)27(36)31(25(21)40-22(16)23-30-10-13-38-23)15-20(39-18-8-11-37-12-9-18)19-7-5-4-6-17(19)14-29/h4-7,10,13,18,20H,8-9,11-12,15H2,1-3H3,(H,34,35). The fraction of sp³-hybridized carbons (Fsp3) is 0.393. The average Bonchev–Trinajstić information content (AvgIpc) is 3.59. The summed E-state index contributed by atoms with van der Waals surface area (Å²) in [6, 6.07) is 9.20. The zero-order valence-corrected chi connectivity index (χ0v) is 23.1. The minimum absolute atomic E-state index is 0.0632. The highest BCUT2D eigenvalue weighted by atomic mass is 32.1. The second kappa shape index (κ2) is 10.8. The molecule has 4 heterocycles. The van der Waals surface area contributed by atoms with Crippen molar-refractivity contribution in [3.8, 4) is 16.8 Å². The molecule has 4 aromatic rings. The quantitative estimate of drug-likeness (QED) is 0.337. The Kier molecular flexibility index (Phi) is 7.46. The van der Waals surface area contributed by atoms with Gasteiger partial charge in [-0.1, -0.05) is 18.2 Å². The van der Waals surface area contributed by atoms with Crippen LogP contribution in [0.3, 0.4) is 0 Å². The van der Waals surface area contributed by atoms with Gasteiger partial charge in [-0.2, -0.15) is 5.26 Å². The van der Waals surface area contributed by atoms with E-state index in [1.165, 1.54) is 30.9 Å². The SMILES string of the molecule is Cc1c(-c2ncco2)sc2c1c(=O)n(C(C)(C)C(=O)O)c(=O)n2CC(OC1CCOCC1)c1ccccc1C#N. The first-order valence-corrected chi connectivity index (χ1v) is 13.6. The lowest BCUT2D eigenvalue weighted by molar-refractivity contribution is -0.146. The maximum atomic E-state index is 14.1. The number of nitriles is 1. The molecule has 11 nitrogen and oxygen atoms in total. The van der Waals surface area contributed by atoms with Crippen LogP contribution in [0, 0.1) is 18.3 Å². The fourth-order valence-electron chi connectivity index (χ4n) is 4.94. The predicted octanol–water partition coefficient (Wildman–Crippen LogP) is 3.82. The van der Waals surface area contributed by atoms with Crippen molar-refractivity contribution in [3.05, 3.63) is 74.3 Å². The van der Waals surface area contributed by atoms with Crippen molar-refractivity contribution in [1.82, 2.24) is 14.1 Å². The summed E-state index contributed by atoms with van der Waals surface area (Å²) in [6.07, 6.45) is 3.27. The molecule has 1 N–H and O–H groups in total. The second-order valence-electron chi connectivity index (χ2n) is 10.1. The van der Waals surface area contributed by atoms with E-state index >= 15 is 0 Å². The van der Waals surface area contributed by atoms with Gasteiger partial charge >= 0.3 is 11.7 Å². The summed E-state index contributed by atoms with van der Waals surface area (Å²) in [5, 5.41) is 20.0. The van der Waals surface area contributed by atoms with E-state index in [4.69, 9.17) is 13.9 Å². The van der Waals surface area contributed by atoms with Gasteiger partial charge in [0.05, 0.1) is 40.7 Å². The Hall–Kier alpha value is -4.05. The van der Waals surface area contributed by atoms with Crippen LogP contribution in [0.1, 0.15) is 49.5 Å². The maximum absolute atomic E-state index is 14.1. The average molecular weight is 565 g/mol. The largest absolute Gasteiger partial charge is 0.480 e. The number of nitrogens with zero attached hydrogens (tertiary/aromatic N) is 4. The number of hydrogen-bond acceptors (Lipinski definition) is 9. The lowest BCUT2D eigenvalue weighted by atomic mass is 10.0. The minimum Gasteiger partial charge on any atom is -0.480 e. The van der Waals surface area contributed by atoms with E-state index in [0.717, 1.165) is 15.9 Å². The van der Waals surface area contributed by atoms with Crippen molar-refractivity contribution in [1.29, 1.82) is 5.26 Å². The number of carbonyl (C=O) groups is 1. The Labute approximate surface area is 232 Å². The Morgan fingerprint density at radius 2 is 2.02 bits per heavy atom. The molecule has 1 fully saturated rings. The van der Waals surface area contributed by atoms with Gasteiger partial charge in [0.2, 0.25) is 5.89 Å². The Balaban J connectivity index is 1.77. The molecule has 0 spiro atoms. The van der Waals surface area contributed by atoms with Gasteiger partial charge in [0.25, 0.3) is 5.56 Å². The van der Waals surface area contributed by atoms with Crippen molar-refractivity contribution >= 4 is 27.5 Å². The van der Waals surface area contributed by atoms with Gasteiger partial charge in [0.15, 0.2) is 0 Å². The number of hydrogen-bond donors (Lipinski definition) is 1. The van der Waals surface area contributed by atoms with Crippen LogP contribution in [0.15, 0.2) is 50.7 Å². The summed E-state index contributed by atoms with van der Waals surface area (Å²) in [4.78, 5) is 45.2. The highest BCUT2D eigenvalue weighted by molar-refractivity contribution is 7.22. The number of carboxylic acids is 1. The van der Waals surface area contributed by atoms with E-state index in [0.29, 0.717) is 52.5 Å². The molecule has 1 unspecified atom stereocenters. The summed E-state index contributed by atoms with van der Waals surface area (Å²) in [5.41, 5.74) is -1.84. The topological polar surface area (TPSA) is 150 Å². The number of fused-ring (bicyclic) bond motifs is 1. The van der Waals surface area contributed by atoms with Crippen molar-refractivity contribution in [2.45, 2.75) is 57.9 Å². The number of thiophene rings is 1. The second-order valence-corrected chi connectivity index (χ2v) is 11.1. The van der Waals surface area contributed by atoms with Crippen LogP contribution in [-0.2, 0) is 26.4 Å². The van der Waals surface area contributed by atoms with Crippen LogP contribution in [0.25, 0.3) is 21.0 Å². The van der Waals surface area contributed by atoms with Crippen LogP contribution < -0.4 is 11.2 Å². The van der Waals surface area contributed by atoms with E-state index < -0.39 is 28.9 Å². The fourth-order valence-corrected chi connectivity index (χ4v) is 6.18. The molecule has 3 aromatic heterocycles. The van der Waals surface area contributed by atoms with E-state index in [9.17, 15) is 24.8 Å². The first kappa shape index (κ1) is 27.5. The zero-order chi connectivity index (χ0) is 28.6. The van der Waals surface area contributed by atoms with Crippen LogP contribution >= 0.6 is 11.3 Å². The van der Waals surface area contributed by atoms with Crippen LogP contribution in [0.5, 0.6) is 0 Å². The molecule has 1 aromatic carbocycles. The summed E-state index contributed by atoms with van der Waals surface area (Å²) in [7, 11) is 0. The van der Waals surface area contributed by atoms with E-state index in [-0.39, 0.29) is 23.9 Å². The van der Waals surface area contributed by atoms with Gasteiger partial charge in [-0.05, 0) is 45.2 Å². The molecule has 1 atom stereocenters. The van der Waals surface area contributed by atoms with Crippen molar-refractivity contribution in [3.63, 3.8) is 0 Å². The molecule has 208 valence electrons. The molecular formula is C28H28N4O7S. The smallest absolute Gasteiger partial charge is 0.333 e. The number of aryl methyl sites for hydroxylation is 1. The summed E-state index contributed by atoms with van der Waals surface area (Å²) in [6.45, 7) is 5.34. The van der Waals surface area contributed by atoms with Gasteiger partial charge in [-0.3, -0.25) is 9.36 Å². The highest BCUT2D eigenvalue weighted by Gasteiger charge is 2.36. The highest BCUT2D eigenvalue weighted by Crippen LogP contribution is 2.37. The number of carboxylic acid groups (broad SMARTS) is 1. The third kappa shape index (κ3) is 4.77. The molecule has 0 amide bonds. The molecule has 40 heavy (non-hydrogen) atoms. The summed E-state index contributed by atoms with van der Waals surface area (Å²) in [5.74, 6) is -1.05. The van der Waals surface area contributed by atoms with Crippen molar-refractivity contribution in [2.24, 2.45) is 0 Å². The van der Waals surface area contributed by atoms with E-state index in [1.807, 2.05) is 0 Å². The molecule has 0 aliphatic carbocycles. The van der Waals surface area contributed by atoms with Crippen molar-refractivity contribution in [2.75, 3.05) is 13.2 Å². The lowest BCUT2D eigenvalue weighted by Gasteiger charge is -2.30. The summed E-state index contributed by atoms with van der Waals surface area (Å²) < 4.78 is 19.6. The normalized spacial score (nSPS) is 15.2. The Morgan fingerprint density at radius 3 is 2.67 bits per heavy atom. The molecule has 5 rings (SSSR count). The van der Waals surface area contributed by atoms with Crippen LogP contribution in [-0.4, -0.2) is 44.5 Å². The number of aromatic nitrogens is 3. The predicted molar refractivity (Wildman–Crippen MR) is 146 cm³/mol. The minimum atomic E-state index is -1.84. The molecule has 0 bridgehead atoms. The number of benzene rings is 1.